The lowest BCUT2D eigenvalue weighted by molar-refractivity contribution is 0.0123. The minimum atomic E-state index is -0.396. The first-order valence-electron chi connectivity index (χ1n) is 13.5. The van der Waals surface area contributed by atoms with E-state index in [2.05, 4.69) is 47.7 Å². The molecule has 0 amide bonds. The van der Waals surface area contributed by atoms with E-state index < -0.39 is 6.10 Å². The summed E-state index contributed by atoms with van der Waals surface area (Å²) in [5.74, 6) is 0. The number of piperazine rings is 1. The van der Waals surface area contributed by atoms with Crippen LogP contribution >= 0.6 is 0 Å². The Labute approximate surface area is 200 Å². The maximum atomic E-state index is 10.5. The zero-order chi connectivity index (χ0) is 23.4. The van der Waals surface area contributed by atoms with E-state index in [1.165, 1.54) is 57.8 Å². The number of unbranched alkanes of at least 4 members (excludes halogenated alkanes) is 9. The zero-order valence-electron chi connectivity index (χ0n) is 22.1. The molecule has 1 unspecified atom stereocenters. The molecule has 32 heavy (non-hydrogen) atoms. The van der Waals surface area contributed by atoms with Gasteiger partial charge in [0.1, 0.15) is 0 Å². The summed E-state index contributed by atoms with van der Waals surface area (Å²) in [6.07, 6.45) is 13.0. The Kier molecular flexibility index (Phi) is 18.8. The Balaban J connectivity index is 2.08. The number of likely N-dealkylation sites (N-methyl/N-ethyl adjacent to an activating group) is 2. The Hall–Kier alpha value is -0.240. The summed E-state index contributed by atoms with van der Waals surface area (Å²) in [4.78, 5) is 9.58. The number of ether oxygens (including phenoxy) is 1. The Morgan fingerprint density at radius 2 is 1.41 bits per heavy atom. The van der Waals surface area contributed by atoms with E-state index in [1.54, 1.807) is 0 Å². The van der Waals surface area contributed by atoms with Gasteiger partial charge in [-0.3, -0.25) is 9.80 Å². The Bertz CT molecular complexity index is 403. The third-order valence-corrected chi connectivity index (χ3v) is 6.61. The van der Waals surface area contributed by atoms with E-state index >= 15 is 0 Å². The highest BCUT2D eigenvalue weighted by atomic mass is 16.5. The van der Waals surface area contributed by atoms with Crippen LogP contribution in [0.1, 0.15) is 71.1 Å². The lowest BCUT2D eigenvalue weighted by atomic mass is 10.1. The summed E-state index contributed by atoms with van der Waals surface area (Å²) in [5.41, 5.74) is 0. The predicted octanol–water partition coefficient (Wildman–Crippen LogP) is 3.40. The third kappa shape index (κ3) is 17.3. The van der Waals surface area contributed by atoms with E-state index in [1.807, 2.05) is 0 Å². The number of nitrogens with zero attached hydrogens (tertiary/aromatic N) is 4. The van der Waals surface area contributed by atoms with Crippen LogP contribution in [0.5, 0.6) is 0 Å². The van der Waals surface area contributed by atoms with Crippen LogP contribution in [0.2, 0.25) is 0 Å². The molecule has 192 valence electrons. The quantitative estimate of drug-likeness (QED) is 0.267. The van der Waals surface area contributed by atoms with E-state index in [4.69, 9.17) is 4.74 Å². The van der Waals surface area contributed by atoms with Crippen LogP contribution in [-0.4, -0.2) is 124 Å². The second-order valence-corrected chi connectivity index (χ2v) is 10.2. The SMILES string of the molecule is CCCCCCCCCCCCOCC(O)CN(CCN(C)C)CCN1CCN(C)CC1. The lowest BCUT2D eigenvalue weighted by Crippen LogP contribution is -2.48. The molecule has 0 aromatic rings. The van der Waals surface area contributed by atoms with Crippen LogP contribution in [0.4, 0.5) is 0 Å². The van der Waals surface area contributed by atoms with Crippen molar-refractivity contribution in [3.8, 4) is 0 Å². The summed E-state index contributed by atoms with van der Waals surface area (Å²) in [7, 11) is 6.43. The van der Waals surface area contributed by atoms with Gasteiger partial charge in [0.25, 0.3) is 0 Å². The number of hydrogen-bond donors (Lipinski definition) is 1. The zero-order valence-corrected chi connectivity index (χ0v) is 22.1. The molecule has 1 aliphatic heterocycles. The van der Waals surface area contributed by atoms with Crippen LogP contribution in [0.3, 0.4) is 0 Å². The second-order valence-electron chi connectivity index (χ2n) is 10.2. The Morgan fingerprint density at radius 3 is 2.00 bits per heavy atom. The molecule has 0 saturated carbocycles. The van der Waals surface area contributed by atoms with Crippen molar-refractivity contribution in [2.45, 2.75) is 77.2 Å². The molecule has 0 radical (unpaired) electrons. The molecular formula is C26H56N4O2. The second kappa shape index (κ2) is 20.2. The van der Waals surface area contributed by atoms with Gasteiger partial charge in [-0.1, -0.05) is 64.7 Å². The molecule has 1 atom stereocenters. The number of hydrogen-bond acceptors (Lipinski definition) is 6. The molecule has 1 fully saturated rings. The molecule has 1 rings (SSSR count). The van der Waals surface area contributed by atoms with Gasteiger partial charge >= 0.3 is 0 Å². The highest BCUT2D eigenvalue weighted by Crippen LogP contribution is 2.10. The molecule has 6 nitrogen and oxygen atoms in total. The van der Waals surface area contributed by atoms with Gasteiger partial charge < -0.3 is 19.6 Å². The minimum Gasteiger partial charge on any atom is -0.389 e. The van der Waals surface area contributed by atoms with Crippen molar-refractivity contribution in [2.75, 3.05) is 93.3 Å². The predicted molar refractivity (Wildman–Crippen MR) is 138 cm³/mol. The molecule has 0 aromatic carbocycles. The monoisotopic (exact) mass is 456 g/mol. The molecule has 0 aliphatic carbocycles. The first-order valence-corrected chi connectivity index (χ1v) is 13.5. The van der Waals surface area contributed by atoms with Crippen molar-refractivity contribution < 1.29 is 9.84 Å². The van der Waals surface area contributed by atoms with Gasteiger partial charge in [0, 0.05) is 65.5 Å². The van der Waals surface area contributed by atoms with E-state index in [0.29, 0.717) is 13.2 Å². The number of aliphatic hydroxyl groups excluding tert-OH is 1. The van der Waals surface area contributed by atoms with Crippen molar-refractivity contribution in [3.05, 3.63) is 0 Å². The topological polar surface area (TPSA) is 42.4 Å². The standard InChI is InChI=1S/C26H56N4O2/c1-5-6-7-8-9-10-11-12-13-14-23-32-25-26(31)24-30(18-15-27(2)3)22-21-29-19-16-28(4)17-20-29/h26,31H,5-25H2,1-4H3. The van der Waals surface area contributed by atoms with Crippen LogP contribution in [0.25, 0.3) is 0 Å². The van der Waals surface area contributed by atoms with E-state index in [9.17, 15) is 5.11 Å². The van der Waals surface area contributed by atoms with E-state index in [0.717, 1.165) is 65.4 Å². The Morgan fingerprint density at radius 1 is 0.812 bits per heavy atom. The van der Waals surface area contributed by atoms with Crippen LogP contribution in [0, 0.1) is 0 Å². The van der Waals surface area contributed by atoms with Gasteiger partial charge in [-0.05, 0) is 27.6 Å². The molecule has 1 aliphatic rings. The summed E-state index contributed by atoms with van der Waals surface area (Å²) in [6.45, 7) is 13.0. The van der Waals surface area contributed by atoms with Crippen molar-refractivity contribution >= 4 is 0 Å². The van der Waals surface area contributed by atoms with Crippen LogP contribution in [-0.2, 0) is 4.74 Å². The lowest BCUT2D eigenvalue weighted by Gasteiger charge is -2.34. The summed E-state index contributed by atoms with van der Waals surface area (Å²) < 4.78 is 5.80. The van der Waals surface area contributed by atoms with Crippen molar-refractivity contribution in [2.24, 2.45) is 0 Å². The summed E-state index contributed by atoms with van der Waals surface area (Å²) in [5, 5.41) is 10.5. The number of rotatable bonds is 21. The summed E-state index contributed by atoms with van der Waals surface area (Å²) in [6, 6.07) is 0. The fraction of sp³-hybridized carbons (Fsp3) is 1.00. The molecule has 6 heteroatoms. The van der Waals surface area contributed by atoms with E-state index in [-0.39, 0.29) is 0 Å². The molecule has 0 spiro atoms. The molecule has 1 saturated heterocycles. The van der Waals surface area contributed by atoms with Gasteiger partial charge in [-0.15, -0.1) is 0 Å². The molecular weight excluding hydrogens is 400 g/mol. The molecule has 1 N–H and O–H groups in total. The fourth-order valence-electron chi connectivity index (χ4n) is 4.25. The van der Waals surface area contributed by atoms with Crippen LogP contribution < -0.4 is 0 Å². The smallest absolute Gasteiger partial charge is 0.0900 e. The third-order valence-electron chi connectivity index (χ3n) is 6.61. The first kappa shape index (κ1) is 29.8. The van der Waals surface area contributed by atoms with Crippen LogP contribution in [0.15, 0.2) is 0 Å². The molecule has 1 heterocycles. The normalized spacial score (nSPS) is 17.0. The first-order chi connectivity index (χ1) is 15.5. The van der Waals surface area contributed by atoms with Gasteiger partial charge in [-0.2, -0.15) is 0 Å². The molecule has 0 bridgehead atoms. The highest BCUT2D eigenvalue weighted by Gasteiger charge is 2.17. The van der Waals surface area contributed by atoms with Gasteiger partial charge in [-0.25, -0.2) is 0 Å². The average Bonchev–Trinajstić information content (AvgIpc) is 2.77. The van der Waals surface area contributed by atoms with Gasteiger partial charge in [0.2, 0.25) is 0 Å². The average molecular weight is 457 g/mol. The molecule has 0 aromatic heterocycles. The fourth-order valence-corrected chi connectivity index (χ4v) is 4.25. The van der Waals surface area contributed by atoms with Crippen molar-refractivity contribution in [1.82, 2.24) is 19.6 Å². The number of aliphatic hydroxyl groups is 1. The minimum absolute atomic E-state index is 0.396. The maximum Gasteiger partial charge on any atom is 0.0900 e. The van der Waals surface area contributed by atoms with Crippen molar-refractivity contribution in [3.63, 3.8) is 0 Å². The largest absolute Gasteiger partial charge is 0.389 e. The summed E-state index contributed by atoms with van der Waals surface area (Å²) >= 11 is 0. The van der Waals surface area contributed by atoms with Gasteiger partial charge in [0.05, 0.1) is 12.7 Å². The van der Waals surface area contributed by atoms with Crippen molar-refractivity contribution in [1.29, 1.82) is 0 Å². The van der Waals surface area contributed by atoms with Gasteiger partial charge in [0.15, 0.2) is 0 Å². The highest BCUT2D eigenvalue weighted by molar-refractivity contribution is 4.73. The maximum absolute atomic E-state index is 10.5.